The predicted octanol–water partition coefficient (Wildman–Crippen LogP) is 3.09. The van der Waals surface area contributed by atoms with E-state index in [0.717, 1.165) is 0 Å². The number of rotatable bonds is 5. The van der Waals surface area contributed by atoms with Gasteiger partial charge in [-0.1, -0.05) is 39.3 Å². The highest BCUT2D eigenvalue weighted by atomic mass is 35.5. The molecule has 0 spiro atoms. The van der Waals surface area contributed by atoms with Gasteiger partial charge in [-0.05, 0) is 18.3 Å². The molecule has 1 N–H and O–H groups in total. The van der Waals surface area contributed by atoms with Crippen molar-refractivity contribution in [2.24, 2.45) is 11.8 Å². The molecule has 0 saturated carbocycles. The quantitative estimate of drug-likeness (QED) is 0.883. The van der Waals surface area contributed by atoms with Gasteiger partial charge in [0, 0.05) is 6.54 Å². The molecular formula is C12H19ClN2O2. The summed E-state index contributed by atoms with van der Waals surface area (Å²) in [5.41, 5.74) is 0.735. The van der Waals surface area contributed by atoms with Crippen LogP contribution >= 0.6 is 11.6 Å². The molecule has 0 radical (unpaired) electrons. The fourth-order valence-electron chi connectivity index (χ4n) is 1.70. The van der Waals surface area contributed by atoms with Crippen molar-refractivity contribution in [3.8, 4) is 0 Å². The molecular weight excluding hydrogens is 240 g/mol. The van der Waals surface area contributed by atoms with E-state index in [1.54, 1.807) is 4.68 Å². The number of hydrogen-bond donors (Lipinski definition) is 1. The molecule has 0 bridgehead atoms. The SMILES string of the molecule is CC(C)Cc1nn(CC(C)C)c(Cl)c1C(=O)O. The van der Waals surface area contributed by atoms with Gasteiger partial charge in [0.15, 0.2) is 0 Å². The van der Waals surface area contributed by atoms with Crippen LogP contribution in [0.3, 0.4) is 0 Å². The Bertz CT molecular complexity index is 411. The van der Waals surface area contributed by atoms with E-state index >= 15 is 0 Å². The standard InChI is InChI=1S/C12H19ClN2O2/c1-7(2)5-9-10(12(16)17)11(13)15(14-9)6-8(3)4/h7-8H,5-6H2,1-4H3,(H,16,17). The molecule has 5 heteroatoms. The van der Waals surface area contributed by atoms with Gasteiger partial charge in [-0.3, -0.25) is 4.68 Å². The first-order valence-electron chi connectivity index (χ1n) is 5.81. The van der Waals surface area contributed by atoms with Gasteiger partial charge < -0.3 is 5.11 Å². The highest BCUT2D eigenvalue weighted by molar-refractivity contribution is 6.32. The monoisotopic (exact) mass is 258 g/mol. The van der Waals surface area contributed by atoms with Crippen LogP contribution < -0.4 is 0 Å². The third-order valence-corrected chi connectivity index (χ3v) is 2.70. The van der Waals surface area contributed by atoms with Crippen LogP contribution in [0.25, 0.3) is 0 Å². The van der Waals surface area contributed by atoms with E-state index < -0.39 is 5.97 Å². The third-order valence-electron chi connectivity index (χ3n) is 2.32. The summed E-state index contributed by atoms with van der Waals surface area (Å²) in [6.07, 6.45) is 0.631. The van der Waals surface area contributed by atoms with Crippen LogP contribution in [0, 0.1) is 11.8 Å². The van der Waals surface area contributed by atoms with Gasteiger partial charge in [-0.15, -0.1) is 0 Å². The number of carboxylic acids is 1. The molecule has 0 saturated heterocycles. The van der Waals surface area contributed by atoms with Gasteiger partial charge in [0.25, 0.3) is 0 Å². The maximum absolute atomic E-state index is 11.2. The average Bonchev–Trinajstić information content (AvgIpc) is 2.40. The van der Waals surface area contributed by atoms with Crippen molar-refractivity contribution in [3.63, 3.8) is 0 Å². The Kier molecular flexibility index (Phi) is 4.57. The second-order valence-corrected chi connectivity index (χ2v) is 5.45. The molecule has 0 aliphatic carbocycles. The van der Waals surface area contributed by atoms with Crippen LogP contribution in [-0.4, -0.2) is 20.9 Å². The summed E-state index contributed by atoms with van der Waals surface area (Å²) in [7, 11) is 0. The van der Waals surface area contributed by atoms with E-state index in [1.165, 1.54) is 0 Å². The Balaban J connectivity index is 3.15. The maximum atomic E-state index is 11.2. The molecule has 1 heterocycles. The topological polar surface area (TPSA) is 55.1 Å². The lowest BCUT2D eigenvalue weighted by molar-refractivity contribution is 0.0695. The molecule has 0 amide bonds. The number of carboxylic acid groups (broad SMARTS) is 1. The first-order chi connectivity index (χ1) is 7.82. The lowest BCUT2D eigenvalue weighted by Gasteiger charge is -2.05. The van der Waals surface area contributed by atoms with Gasteiger partial charge in [0.05, 0.1) is 5.69 Å². The zero-order chi connectivity index (χ0) is 13.2. The van der Waals surface area contributed by atoms with Gasteiger partial charge in [-0.25, -0.2) is 4.79 Å². The highest BCUT2D eigenvalue weighted by Gasteiger charge is 2.22. The van der Waals surface area contributed by atoms with Crippen molar-refractivity contribution in [1.29, 1.82) is 0 Å². The van der Waals surface area contributed by atoms with Crippen molar-refractivity contribution in [2.45, 2.75) is 40.7 Å². The highest BCUT2D eigenvalue weighted by Crippen LogP contribution is 2.23. The Morgan fingerprint density at radius 1 is 1.35 bits per heavy atom. The third kappa shape index (κ3) is 3.46. The molecule has 0 atom stereocenters. The number of hydrogen-bond acceptors (Lipinski definition) is 2. The van der Waals surface area contributed by atoms with Crippen LogP contribution in [-0.2, 0) is 13.0 Å². The first kappa shape index (κ1) is 14.0. The summed E-state index contributed by atoms with van der Waals surface area (Å²) >= 11 is 6.07. The van der Waals surface area contributed by atoms with Gasteiger partial charge >= 0.3 is 5.97 Å². The number of aromatic carboxylic acids is 1. The molecule has 96 valence electrons. The fraction of sp³-hybridized carbons (Fsp3) is 0.667. The van der Waals surface area contributed by atoms with Crippen LogP contribution in [0.5, 0.6) is 0 Å². The minimum absolute atomic E-state index is 0.154. The molecule has 1 aromatic rings. The number of carbonyl (C=O) groups is 1. The average molecular weight is 259 g/mol. The van der Waals surface area contributed by atoms with Crippen LogP contribution in [0.2, 0.25) is 5.15 Å². The molecule has 17 heavy (non-hydrogen) atoms. The van der Waals surface area contributed by atoms with E-state index in [2.05, 4.69) is 5.10 Å². The summed E-state index contributed by atoms with van der Waals surface area (Å²) in [6.45, 7) is 8.78. The summed E-state index contributed by atoms with van der Waals surface area (Å²) in [5.74, 6) is -0.270. The normalized spacial score (nSPS) is 11.5. The molecule has 1 aromatic heterocycles. The van der Waals surface area contributed by atoms with Crippen LogP contribution in [0.15, 0.2) is 0 Å². The zero-order valence-corrected chi connectivity index (χ0v) is 11.5. The molecule has 0 fully saturated rings. The molecule has 0 aromatic carbocycles. The molecule has 1 rings (SSSR count). The van der Waals surface area contributed by atoms with Crippen molar-refractivity contribution in [1.82, 2.24) is 9.78 Å². The largest absolute Gasteiger partial charge is 0.478 e. The van der Waals surface area contributed by atoms with Crippen molar-refractivity contribution < 1.29 is 9.90 Å². The summed E-state index contributed by atoms with van der Waals surface area (Å²) in [5, 5.41) is 13.7. The molecule has 4 nitrogen and oxygen atoms in total. The minimum Gasteiger partial charge on any atom is -0.478 e. The number of nitrogens with zero attached hydrogens (tertiary/aromatic N) is 2. The lowest BCUT2D eigenvalue weighted by atomic mass is 10.1. The smallest absolute Gasteiger partial charge is 0.340 e. The van der Waals surface area contributed by atoms with E-state index in [4.69, 9.17) is 16.7 Å². The predicted molar refractivity (Wildman–Crippen MR) is 67.6 cm³/mol. The Morgan fingerprint density at radius 3 is 2.35 bits per heavy atom. The van der Waals surface area contributed by atoms with Crippen LogP contribution in [0.1, 0.15) is 43.7 Å². The summed E-state index contributed by atoms with van der Waals surface area (Å²) < 4.78 is 1.59. The second-order valence-electron chi connectivity index (χ2n) is 5.09. The van der Waals surface area contributed by atoms with E-state index in [9.17, 15) is 4.79 Å². The zero-order valence-electron chi connectivity index (χ0n) is 10.7. The van der Waals surface area contributed by atoms with Gasteiger partial charge in [0.2, 0.25) is 0 Å². The number of aromatic nitrogens is 2. The molecule has 0 unspecified atom stereocenters. The number of halogens is 1. The summed E-state index contributed by atoms with van der Waals surface area (Å²) in [4.78, 5) is 11.2. The maximum Gasteiger partial charge on any atom is 0.340 e. The Labute approximate surface area is 107 Å². The summed E-state index contributed by atoms with van der Waals surface area (Å²) in [6, 6.07) is 0. The van der Waals surface area contributed by atoms with Crippen molar-refractivity contribution in [2.75, 3.05) is 0 Å². The van der Waals surface area contributed by atoms with Gasteiger partial charge in [0.1, 0.15) is 10.7 Å². The fourth-order valence-corrected chi connectivity index (χ4v) is 1.99. The Hall–Kier alpha value is -1.03. The first-order valence-corrected chi connectivity index (χ1v) is 6.19. The minimum atomic E-state index is -0.999. The van der Waals surface area contributed by atoms with Gasteiger partial charge in [-0.2, -0.15) is 5.10 Å². The van der Waals surface area contributed by atoms with E-state index in [-0.39, 0.29) is 10.7 Å². The lowest BCUT2D eigenvalue weighted by Crippen LogP contribution is -2.07. The molecule has 0 aliphatic rings. The van der Waals surface area contributed by atoms with Crippen LogP contribution in [0.4, 0.5) is 0 Å². The van der Waals surface area contributed by atoms with E-state index in [0.29, 0.717) is 30.5 Å². The van der Waals surface area contributed by atoms with E-state index in [1.807, 2.05) is 27.7 Å². The van der Waals surface area contributed by atoms with Crippen molar-refractivity contribution in [3.05, 3.63) is 16.4 Å². The van der Waals surface area contributed by atoms with Crippen molar-refractivity contribution >= 4 is 17.6 Å². The Morgan fingerprint density at radius 2 is 1.94 bits per heavy atom. The second kappa shape index (κ2) is 5.54. The molecule has 0 aliphatic heterocycles.